The predicted octanol–water partition coefficient (Wildman–Crippen LogP) is 4.79. The Kier molecular flexibility index (Phi) is 7.86. The first kappa shape index (κ1) is 24.0. The minimum Gasteiger partial charge on any atom is -0.326 e. The molecule has 1 heterocycles. The number of carbonyl (C=O) groups excluding carboxylic acids is 1. The second kappa shape index (κ2) is 10.8. The summed E-state index contributed by atoms with van der Waals surface area (Å²) in [7, 11) is 0. The molecule has 3 aromatic rings. The molecule has 0 atom stereocenters. The van der Waals surface area contributed by atoms with Crippen molar-refractivity contribution in [1.82, 2.24) is 15.1 Å². The Morgan fingerprint density at radius 3 is 2.52 bits per heavy atom. The molecule has 2 N–H and O–H groups in total. The van der Waals surface area contributed by atoms with Gasteiger partial charge < -0.3 is 5.32 Å². The number of nitrogens with zero attached hydrogens (tertiary/aromatic N) is 4. The highest BCUT2D eigenvalue weighted by atomic mass is 35.5. The molecule has 7 nitrogen and oxygen atoms in total. The molecule has 0 radical (unpaired) electrons. The van der Waals surface area contributed by atoms with Gasteiger partial charge in [0.15, 0.2) is 0 Å². The molecule has 0 bridgehead atoms. The van der Waals surface area contributed by atoms with Gasteiger partial charge in [-0.3, -0.25) is 19.8 Å². The molecule has 0 unspecified atom stereocenters. The average molecular weight is 463 g/mol. The van der Waals surface area contributed by atoms with Gasteiger partial charge in [-0.2, -0.15) is 10.4 Å². The number of aromatic nitrogens is 2. The summed E-state index contributed by atoms with van der Waals surface area (Å²) in [6, 6.07) is 14.0. The summed E-state index contributed by atoms with van der Waals surface area (Å²) in [6.07, 6.45) is 0.704. The van der Waals surface area contributed by atoms with Crippen LogP contribution in [0.15, 0.2) is 47.5 Å². The van der Waals surface area contributed by atoms with Gasteiger partial charge in [-0.05, 0) is 87.7 Å². The van der Waals surface area contributed by atoms with Crippen molar-refractivity contribution in [3.8, 4) is 6.07 Å². The van der Waals surface area contributed by atoms with Crippen LogP contribution in [-0.4, -0.2) is 28.2 Å². The summed E-state index contributed by atoms with van der Waals surface area (Å²) >= 11 is 6.08. The van der Waals surface area contributed by atoms with E-state index in [4.69, 9.17) is 16.9 Å². The van der Waals surface area contributed by atoms with Crippen LogP contribution in [0.1, 0.15) is 45.4 Å². The van der Waals surface area contributed by atoms with Crippen LogP contribution in [0.25, 0.3) is 0 Å². The lowest BCUT2D eigenvalue weighted by Gasteiger charge is -2.14. The van der Waals surface area contributed by atoms with Gasteiger partial charge in [0.2, 0.25) is 5.96 Å². The van der Waals surface area contributed by atoms with Crippen molar-refractivity contribution in [3.05, 3.63) is 81.1 Å². The number of anilines is 1. The van der Waals surface area contributed by atoms with E-state index in [9.17, 15) is 4.79 Å². The molecule has 2 aromatic carbocycles. The van der Waals surface area contributed by atoms with Gasteiger partial charge in [0.05, 0.1) is 17.3 Å². The van der Waals surface area contributed by atoms with Gasteiger partial charge in [0, 0.05) is 35.1 Å². The summed E-state index contributed by atoms with van der Waals surface area (Å²) in [5, 5.41) is 20.2. The summed E-state index contributed by atoms with van der Waals surface area (Å²) < 4.78 is 1.98. The standard InChI is InChI=1S/C25H27ClN6O/c1-5-32-18(4)22(17(3)31-32)12-13-28-25(29-23-11-10-21(26)14-16(23)2)30-24(33)20-8-6-19(15-27)7-9-20/h6-11,14H,5,12-13H2,1-4H3,(H2,28,29,30,33). The summed E-state index contributed by atoms with van der Waals surface area (Å²) in [5.74, 6) is 0.0245. The van der Waals surface area contributed by atoms with Crippen LogP contribution in [0.5, 0.6) is 0 Å². The van der Waals surface area contributed by atoms with E-state index in [-0.39, 0.29) is 5.91 Å². The topological polar surface area (TPSA) is 95.1 Å². The molecule has 170 valence electrons. The molecule has 1 amide bonds. The van der Waals surface area contributed by atoms with E-state index in [2.05, 4.69) is 40.6 Å². The van der Waals surface area contributed by atoms with Crippen LogP contribution in [-0.2, 0) is 13.0 Å². The van der Waals surface area contributed by atoms with Crippen molar-refractivity contribution < 1.29 is 4.79 Å². The number of benzene rings is 2. The van der Waals surface area contributed by atoms with E-state index in [1.54, 1.807) is 30.3 Å². The van der Waals surface area contributed by atoms with E-state index in [1.807, 2.05) is 30.7 Å². The number of amides is 1. The molecule has 33 heavy (non-hydrogen) atoms. The minimum absolute atomic E-state index is 0.316. The van der Waals surface area contributed by atoms with Crippen molar-refractivity contribution in [3.63, 3.8) is 0 Å². The molecule has 3 rings (SSSR count). The Balaban J connectivity index is 1.81. The predicted molar refractivity (Wildman–Crippen MR) is 132 cm³/mol. The third kappa shape index (κ3) is 5.99. The van der Waals surface area contributed by atoms with E-state index in [0.717, 1.165) is 29.2 Å². The third-order valence-electron chi connectivity index (χ3n) is 5.41. The summed E-state index contributed by atoms with van der Waals surface area (Å²) in [4.78, 5) is 17.5. The van der Waals surface area contributed by atoms with Gasteiger partial charge >= 0.3 is 0 Å². The van der Waals surface area contributed by atoms with E-state index >= 15 is 0 Å². The lowest BCUT2D eigenvalue weighted by Crippen LogP contribution is -2.36. The van der Waals surface area contributed by atoms with E-state index in [0.29, 0.717) is 35.1 Å². The van der Waals surface area contributed by atoms with Crippen molar-refractivity contribution in [2.24, 2.45) is 4.99 Å². The van der Waals surface area contributed by atoms with Crippen LogP contribution in [0.4, 0.5) is 5.69 Å². The molecular formula is C25H27ClN6O. The quantitative estimate of drug-likeness (QED) is 0.406. The first-order chi connectivity index (χ1) is 15.8. The normalized spacial score (nSPS) is 11.2. The fraction of sp³-hybridized carbons (Fsp3) is 0.280. The van der Waals surface area contributed by atoms with Crippen LogP contribution in [0.2, 0.25) is 5.02 Å². The molecule has 0 saturated carbocycles. The number of carbonyl (C=O) groups is 1. The first-order valence-corrected chi connectivity index (χ1v) is 11.1. The monoisotopic (exact) mass is 462 g/mol. The molecule has 0 aliphatic carbocycles. The molecule has 0 fully saturated rings. The highest BCUT2D eigenvalue weighted by molar-refractivity contribution is 6.30. The van der Waals surface area contributed by atoms with Crippen molar-refractivity contribution in [1.29, 1.82) is 5.26 Å². The number of rotatable bonds is 6. The second-order valence-electron chi connectivity index (χ2n) is 7.67. The first-order valence-electron chi connectivity index (χ1n) is 10.7. The summed E-state index contributed by atoms with van der Waals surface area (Å²) in [6.45, 7) is 9.35. The fourth-order valence-electron chi connectivity index (χ4n) is 3.56. The minimum atomic E-state index is -0.316. The highest BCUT2D eigenvalue weighted by Gasteiger charge is 2.13. The van der Waals surface area contributed by atoms with Crippen molar-refractivity contribution in [2.45, 2.75) is 40.7 Å². The smallest absolute Gasteiger partial charge is 0.257 e. The maximum Gasteiger partial charge on any atom is 0.257 e. The maximum atomic E-state index is 12.8. The Morgan fingerprint density at radius 1 is 1.18 bits per heavy atom. The Labute approximate surface area is 199 Å². The Bertz CT molecular complexity index is 1220. The lowest BCUT2D eigenvalue weighted by atomic mass is 10.1. The average Bonchev–Trinajstić information content (AvgIpc) is 3.08. The molecule has 0 spiro atoms. The van der Waals surface area contributed by atoms with Gasteiger partial charge in [-0.15, -0.1) is 0 Å². The number of halogens is 1. The number of hydrogen-bond donors (Lipinski definition) is 2. The fourth-order valence-corrected chi connectivity index (χ4v) is 3.79. The molecule has 0 aliphatic rings. The van der Waals surface area contributed by atoms with E-state index in [1.165, 1.54) is 5.56 Å². The van der Waals surface area contributed by atoms with Gasteiger partial charge in [-0.1, -0.05) is 11.6 Å². The Morgan fingerprint density at radius 2 is 1.91 bits per heavy atom. The van der Waals surface area contributed by atoms with E-state index < -0.39 is 0 Å². The number of aryl methyl sites for hydroxylation is 3. The summed E-state index contributed by atoms with van der Waals surface area (Å²) in [5.41, 5.74) is 5.95. The van der Waals surface area contributed by atoms with Crippen LogP contribution in [0, 0.1) is 32.1 Å². The molecular weight excluding hydrogens is 436 g/mol. The zero-order valence-corrected chi connectivity index (χ0v) is 20.0. The highest BCUT2D eigenvalue weighted by Crippen LogP contribution is 2.20. The zero-order chi connectivity index (χ0) is 24.0. The molecule has 1 aromatic heterocycles. The van der Waals surface area contributed by atoms with Crippen molar-refractivity contribution >= 4 is 29.2 Å². The van der Waals surface area contributed by atoms with Crippen LogP contribution < -0.4 is 10.6 Å². The number of hydrogen-bond acceptors (Lipinski definition) is 4. The van der Waals surface area contributed by atoms with Crippen LogP contribution >= 0.6 is 11.6 Å². The number of nitrogens with one attached hydrogen (secondary N) is 2. The van der Waals surface area contributed by atoms with Gasteiger partial charge in [0.25, 0.3) is 5.91 Å². The van der Waals surface area contributed by atoms with Gasteiger partial charge in [0.1, 0.15) is 0 Å². The second-order valence-corrected chi connectivity index (χ2v) is 8.11. The largest absolute Gasteiger partial charge is 0.326 e. The maximum absolute atomic E-state index is 12.8. The lowest BCUT2D eigenvalue weighted by molar-refractivity contribution is 0.0977. The molecule has 0 saturated heterocycles. The number of guanidine groups is 1. The van der Waals surface area contributed by atoms with Gasteiger partial charge in [-0.25, -0.2) is 0 Å². The number of aliphatic imine (C=N–C) groups is 1. The third-order valence-corrected chi connectivity index (χ3v) is 5.65. The van der Waals surface area contributed by atoms with Crippen LogP contribution in [0.3, 0.4) is 0 Å². The van der Waals surface area contributed by atoms with Crippen molar-refractivity contribution in [2.75, 3.05) is 11.9 Å². The zero-order valence-electron chi connectivity index (χ0n) is 19.2. The number of nitriles is 1. The SMILES string of the molecule is CCn1nc(C)c(CCN=C(NC(=O)c2ccc(C#N)cc2)Nc2ccc(Cl)cc2C)c1C. The molecule has 0 aliphatic heterocycles. The molecule has 8 heteroatoms. The Hall–Kier alpha value is -3.63.